The minimum Gasteiger partial charge on any atom is -0.497 e. The number of fused-ring (bicyclic) bond motifs is 1. The van der Waals surface area contributed by atoms with Crippen molar-refractivity contribution in [1.29, 1.82) is 0 Å². The maximum atomic E-state index is 12.8. The lowest BCUT2D eigenvalue weighted by Gasteiger charge is -2.25. The molecule has 0 saturated heterocycles. The summed E-state index contributed by atoms with van der Waals surface area (Å²) >= 11 is 1.31. The summed E-state index contributed by atoms with van der Waals surface area (Å²) in [6.07, 6.45) is 0.522. The van der Waals surface area contributed by atoms with E-state index >= 15 is 0 Å². The van der Waals surface area contributed by atoms with Gasteiger partial charge in [-0.05, 0) is 12.1 Å². The van der Waals surface area contributed by atoms with Crippen molar-refractivity contribution in [3.63, 3.8) is 0 Å². The van der Waals surface area contributed by atoms with Gasteiger partial charge in [-0.15, -0.1) is 11.3 Å². The molecule has 0 spiro atoms. The molecular weight excluding hydrogens is 350 g/mol. The van der Waals surface area contributed by atoms with Crippen LogP contribution in [0.4, 0.5) is 5.13 Å². The molecule has 1 aromatic carbocycles. The fourth-order valence-corrected chi connectivity index (χ4v) is 5.09. The van der Waals surface area contributed by atoms with E-state index in [4.69, 9.17) is 4.74 Å². The summed E-state index contributed by atoms with van der Waals surface area (Å²) in [6.45, 7) is 2.03. The number of hydrogen-bond acceptors (Lipinski definition) is 6. The third-order valence-electron chi connectivity index (χ3n) is 3.66. The lowest BCUT2D eigenvalue weighted by molar-refractivity contribution is -0.114. The van der Waals surface area contributed by atoms with Crippen LogP contribution in [0, 0.1) is 0 Å². The van der Waals surface area contributed by atoms with Gasteiger partial charge in [-0.2, -0.15) is 4.31 Å². The van der Waals surface area contributed by atoms with E-state index in [1.165, 1.54) is 35.7 Å². The number of rotatable bonds is 4. The van der Waals surface area contributed by atoms with Gasteiger partial charge in [-0.3, -0.25) is 4.79 Å². The average Bonchev–Trinajstić information content (AvgIpc) is 2.95. The number of methoxy groups -OCH3 is 1. The monoisotopic (exact) mass is 367 g/mol. The summed E-state index contributed by atoms with van der Waals surface area (Å²) < 4.78 is 32.2. The first-order valence-corrected chi connectivity index (χ1v) is 9.56. The number of nitrogens with zero attached hydrogens (tertiary/aromatic N) is 2. The number of sulfonamides is 1. The van der Waals surface area contributed by atoms with Gasteiger partial charge in [0.05, 0.1) is 24.2 Å². The molecule has 1 aliphatic rings. The molecular formula is C15H17N3O4S2. The molecule has 0 unspecified atom stereocenters. The van der Waals surface area contributed by atoms with Crippen LogP contribution in [0.2, 0.25) is 0 Å². The van der Waals surface area contributed by atoms with Crippen molar-refractivity contribution in [1.82, 2.24) is 9.29 Å². The van der Waals surface area contributed by atoms with E-state index in [-0.39, 0.29) is 17.3 Å². The zero-order valence-corrected chi connectivity index (χ0v) is 14.9. The molecule has 3 rings (SSSR count). The molecule has 2 heterocycles. The number of amides is 1. The summed E-state index contributed by atoms with van der Waals surface area (Å²) in [7, 11) is -2.11. The van der Waals surface area contributed by atoms with Gasteiger partial charge in [0.25, 0.3) is 0 Å². The van der Waals surface area contributed by atoms with Crippen LogP contribution in [0.3, 0.4) is 0 Å². The van der Waals surface area contributed by atoms with Gasteiger partial charge in [-0.25, -0.2) is 13.4 Å². The largest absolute Gasteiger partial charge is 0.497 e. The van der Waals surface area contributed by atoms with Crippen molar-refractivity contribution in [3.05, 3.63) is 34.8 Å². The number of ether oxygens (including phenoxy) is 1. The van der Waals surface area contributed by atoms with E-state index < -0.39 is 10.0 Å². The van der Waals surface area contributed by atoms with Crippen molar-refractivity contribution in [3.8, 4) is 5.75 Å². The molecule has 128 valence electrons. The zero-order chi connectivity index (χ0) is 17.3. The van der Waals surface area contributed by atoms with Gasteiger partial charge in [0.1, 0.15) is 5.75 Å². The third-order valence-corrected chi connectivity index (χ3v) is 6.50. The Hall–Kier alpha value is -1.97. The Labute approximate surface area is 144 Å². The summed E-state index contributed by atoms with van der Waals surface area (Å²) in [6, 6.07) is 6.43. The zero-order valence-electron chi connectivity index (χ0n) is 13.3. The van der Waals surface area contributed by atoms with Gasteiger partial charge in [0, 0.05) is 30.8 Å². The molecule has 9 heteroatoms. The lowest BCUT2D eigenvalue weighted by Crippen LogP contribution is -2.35. The molecule has 0 fully saturated rings. The fraction of sp³-hybridized carbons (Fsp3) is 0.333. The molecule has 7 nitrogen and oxygen atoms in total. The molecule has 0 bridgehead atoms. The number of hydrogen-bond donors (Lipinski definition) is 1. The topological polar surface area (TPSA) is 88.6 Å². The van der Waals surface area contributed by atoms with E-state index in [0.29, 0.717) is 23.8 Å². The van der Waals surface area contributed by atoms with Gasteiger partial charge in [-0.1, -0.05) is 6.07 Å². The van der Waals surface area contributed by atoms with Crippen LogP contribution < -0.4 is 10.1 Å². The molecule has 2 aromatic rings. The smallest absolute Gasteiger partial charge is 0.243 e. The predicted molar refractivity (Wildman–Crippen MR) is 90.7 cm³/mol. The van der Waals surface area contributed by atoms with Crippen molar-refractivity contribution in [2.75, 3.05) is 19.0 Å². The maximum absolute atomic E-state index is 12.8. The van der Waals surface area contributed by atoms with Crippen molar-refractivity contribution in [2.45, 2.75) is 24.8 Å². The number of thiazole rings is 1. The lowest BCUT2D eigenvalue weighted by atomic mass is 10.2. The maximum Gasteiger partial charge on any atom is 0.243 e. The first-order chi connectivity index (χ1) is 11.4. The Balaban J connectivity index is 1.85. The average molecular weight is 367 g/mol. The SMILES string of the molecule is COc1cccc(S(=O)(=O)N2CCc3nc(NC(C)=O)sc3C2)c1. The third kappa shape index (κ3) is 3.28. The molecule has 1 aliphatic heterocycles. The Kier molecular flexibility index (Phi) is 4.57. The fourth-order valence-electron chi connectivity index (χ4n) is 2.49. The highest BCUT2D eigenvalue weighted by Gasteiger charge is 2.30. The normalized spacial score (nSPS) is 14.9. The van der Waals surface area contributed by atoms with Crippen LogP contribution in [-0.2, 0) is 27.8 Å². The Bertz CT molecular complexity index is 877. The highest BCUT2D eigenvalue weighted by molar-refractivity contribution is 7.89. The van der Waals surface area contributed by atoms with Gasteiger partial charge in [0.15, 0.2) is 5.13 Å². The van der Waals surface area contributed by atoms with Gasteiger partial charge in [0.2, 0.25) is 15.9 Å². The van der Waals surface area contributed by atoms with Crippen LogP contribution in [0.25, 0.3) is 0 Å². The number of anilines is 1. The van der Waals surface area contributed by atoms with E-state index in [9.17, 15) is 13.2 Å². The predicted octanol–water partition coefficient (Wildman–Crippen LogP) is 1.86. The van der Waals surface area contributed by atoms with E-state index in [1.54, 1.807) is 18.2 Å². The number of carbonyl (C=O) groups excluding carboxylic acids is 1. The molecule has 0 atom stereocenters. The molecule has 0 aliphatic carbocycles. The summed E-state index contributed by atoms with van der Waals surface area (Å²) in [5.74, 6) is 0.307. The summed E-state index contributed by atoms with van der Waals surface area (Å²) in [5, 5.41) is 3.15. The highest BCUT2D eigenvalue weighted by Crippen LogP contribution is 2.31. The second-order valence-electron chi connectivity index (χ2n) is 5.34. The number of aromatic nitrogens is 1. The van der Waals surface area contributed by atoms with Crippen LogP contribution in [-0.4, -0.2) is 37.3 Å². The quantitative estimate of drug-likeness (QED) is 0.891. The second-order valence-corrected chi connectivity index (χ2v) is 8.36. The molecule has 24 heavy (non-hydrogen) atoms. The summed E-state index contributed by atoms with van der Waals surface area (Å²) in [5.41, 5.74) is 0.848. The first kappa shape index (κ1) is 16.9. The molecule has 1 amide bonds. The minimum atomic E-state index is -3.61. The molecule has 0 saturated carbocycles. The Morgan fingerprint density at radius 1 is 1.42 bits per heavy atom. The highest BCUT2D eigenvalue weighted by atomic mass is 32.2. The second kappa shape index (κ2) is 6.50. The molecule has 1 N–H and O–H groups in total. The first-order valence-electron chi connectivity index (χ1n) is 7.30. The van der Waals surface area contributed by atoms with Crippen LogP contribution in [0.1, 0.15) is 17.5 Å². The van der Waals surface area contributed by atoms with Crippen LogP contribution >= 0.6 is 11.3 Å². The number of benzene rings is 1. The van der Waals surface area contributed by atoms with E-state index in [1.807, 2.05) is 0 Å². The Morgan fingerprint density at radius 2 is 2.21 bits per heavy atom. The van der Waals surface area contributed by atoms with Crippen LogP contribution in [0.5, 0.6) is 5.75 Å². The molecule has 0 radical (unpaired) electrons. The van der Waals surface area contributed by atoms with E-state index in [2.05, 4.69) is 10.3 Å². The van der Waals surface area contributed by atoms with E-state index in [0.717, 1.165) is 10.6 Å². The number of carbonyl (C=O) groups is 1. The van der Waals surface area contributed by atoms with Crippen molar-refractivity contribution < 1.29 is 17.9 Å². The van der Waals surface area contributed by atoms with Crippen molar-refractivity contribution in [2.24, 2.45) is 0 Å². The standard InChI is InChI=1S/C15H17N3O4S2/c1-10(19)16-15-17-13-6-7-18(9-14(13)23-15)24(20,21)12-5-3-4-11(8-12)22-2/h3-5,8H,6-7,9H2,1-2H3,(H,16,17,19). The Morgan fingerprint density at radius 3 is 2.92 bits per heavy atom. The van der Waals surface area contributed by atoms with Gasteiger partial charge < -0.3 is 10.1 Å². The minimum absolute atomic E-state index is 0.193. The summed E-state index contributed by atoms with van der Waals surface area (Å²) in [4.78, 5) is 16.5. The molecule has 1 aromatic heterocycles. The van der Waals surface area contributed by atoms with Crippen molar-refractivity contribution >= 4 is 32.4 Å². The number of nitrogens with one attached hydrogen (secondary N) is 1. The van der Waals surface area contributed by atoms with Crippen LogP contribution in [0.15, 0.2) is 29.2 Å². The van der Waals surface area contributed by atoms with Gasteiger partial charge >= 0.3 is 0 Å².